The quantitative estimate of drug-likeness (QED) is 0.444. The third-order valence-corrected chi connectivity index (χ3v) is 5.92. The summed E-state index contributed by atoms with van der Waals surface area (Å²) < 4.78 is 12.3. The number of hydrogen-bond acceptors (Lipinski definition) is 2. The largest absolute Gasteiger partial charge is 0.550 e. The van der Waals surface area contributed by atoms with E-state index in [0.717, 1.165) is 12.8 Å². The van der Waals surface area contributed by atoms with Gasteiger partial charge in [-0.05, 0) is 52.0 Å². The first-order valence-electron chi connectivity index (χ1n) is 7.70. The minimum absolute atomic E-state index is 0.429. The van der Waals surface area contributed by atoms with Crippen LogP contribution in [0.1, 0.15) is 40.5 Å². The van der Waals surface area contributed by atoms with E-state index in [-0.39, 0.29) is 0 Å². The third-order valence-electron chi connectivity index (χ3n) is 3.06. The summed E-state index contributed by atoms with van der Waals surface area (Å²) in [6.07, 6.45) is 4.82. The monoisotopic (exact) mass is 302 g/mol. The highest BCUT2D eigenvalue weighted by molar-refractivity contribution is 6.69. The van der Waals surface area contributed by atoms with Gasteiger partial charge in [-0.1, -0.05) is 26.8 Å². The van der Waals surface area contributed by atoms with Crippen molar-refractivity contribution in [1.29, 1.82) is 0 Å². The second kappa shape index (κ2) is 8.98. The molecule has 0 radical (unpaired) electrons. The molecule has 2 atom stereocenters. The fourth-order valence-electron chi connectivity index (χ4n) is 2.10. The van der Waals surface area contributed by atoms with Crippen molar-refractivity contribution < 1.29 is 8.85 Å². The zero-order valence-corrected chi connectivity index (χ0v) is 16.4. The van der Waals surface area contributed by atoms with Crippen molar-refractivity contribution in [1.82, 2.24) is 0 Å². The van der Waals surface area contributed by atoms with E-state index >= 15 is 0 Å². The predicted molar refractivity (Wildman–Crippen MR) is 90.6 cm³/mol. The molecule has 0 fully saturated rings. The van der Waals surface area contributed by atoms with Gasteiger partial charge in [-0.15, -0.1) is 0 Å². The molecule has 0 saturated carbocycles. The lowest BCUT2D eigenvalue weighted by Gasteiger charge is -2.27. The molecule has 0 heterocycles. The molecule has 2 unspecified atom stereocenters. The van der Waals surface area contributed by atoms with Crippen LogP contribution in [0.3, 0.4) is 0 Å². The Morgan fingerprint density at radius 1 is 1.26 bits per heavy atom. The molecule has 0 saturated heterocycles. The normalized spacial score (nSPS) is 16.6. The molecule has 0 aliphatic heterocycles. The maximum absolute atomic E-state index is 6.21. The molecular weight excluding hydrogens is 268 g/mol. The predicted octanol–water partition coefficient (Wildman–Crippen LogP) is 4.94. The van der Waals surface area contributed by atoms with Crippen molar-refractivity contribution in [2.45, 2.75) is 78.9 Å². The van der Waals surface area contributed by atoms with Gasteiger partial charge in [0.2, 0.25) is 9.04 Å². The first-order valence-corrected chi connectivity index (χ1v) is 13.5. The third kappa shape index (κ3) is 9.46. The Hall–Kier alpha value is -0.0662. The summed E-state index contributed by atoms with van der Waals surface area (Å²) in [5, 5.41) is 0. The lowest BCUT2D eigenvalue weighted by atomic mass is 10.2. The Balaban J connectivity index is 4.16. The molecule has 114 valence electrons. The zero-order valence-electron chi connectivity index (χ0n) is 14.2. The van der Waals surface area contributed by atoms with E-state index in [1.165, 1.54) is 11.8 Å². The van der Waals surface area contributed by atoms with E-state index < -0.39 is 17.4 Å². The summed E-state index contributed by atoms with van der Waals surface area (Å²) in [5.41, 5.74) is 0. The molecule has 0 aliphatic carbocycles. The van der Waals surface area contributed by atoms with E-state index in [4.69, 9.17) is 8.85 Å². The van der Waals surface area contributed by atoms with Crippen LogP contribution in [0.5, 0.6) is 0 Å². The van der Waals surface area contributed by atoms with E-state index in [1.54, 1.807) is 0 Å². The summed E-state index contributed by atoms with van der Waals surface area (Å²) in [5.74, 6) is 1.67. The molecule has 0 aromatic rings. The smallest absolute Gasteiger partial charge is 0.232 e. The van der Waals surface area contributed by atoms with Crippen LogP contribution < -0.4 is 0 Å². The minimum atomic E-state index is -1.41. The molecule has 19 heavy (non-hydrogen) atoms. The highest BCUT2D eigenvalue weighted by atomic mass is 28.4. The Morgan fingerprint density at radius 2 is 1.84 bits per heavy atom. The van der Waals surface area contributed by atoms with E-state index in [0.29, 0.717) is 12.0 Å². The molecule has 0 aromatic heterocycles. The Kier molecular flexibility index (Phi) is 8.95. The van der Waals surface area contributed by atoms with Gasteiger partial charge in [-0.3, -0.25) is 0 Å². The lowest BCUT2D eigenvalue weighted by Crippen LogP contribution is -2.32. The topological polar surface area (TPSA) is 18.5 Å². The molecule has 4 heteroatoms. The van der Waals surface area contributed by atoms with Gasteiger partial charge in [0.25, 0.3) is 0 Å². The zero-order chi connectivity index (χ0) is 15.1. The molecule has 0 amide bonds. The number of rotatable bonds is 9. The van der Waals surface area contributed by atoms with Crippen LogP contribution in [0.4, 0.5) is 0 Å². The number of allylic oxidation sites excluding steroid dienone is 2. The van der Waals surface area contributed by atoms with Crippen LogP contribution in [-0.2, 0) is 8.85 Å². The molecule has 2 nitrogen and oxygen atoms in total. The van der Waals surface area contributed by atoms with Crippen molar-refractivity contribution in [3.63, 3.8) is 0 Å². The summed E-state index contributed by atoms with van der Waals surface area (Å²) in [6.45, 7) is 17.8. The highest BCUT2D eigenvalue weighted by Crippen LogP contribution is 2.19. The second-order valence-electron chi connectivity index (χ2n) is 6.61. The van der Waals surface area contributed by atoms with Crippen molar-refractivity contribution in [2.24, 2.45) is 5.92 Å². The Morgan fingerprint density at radius 3 is 2.21 bits per heavy atom. The maximum atomic E-state index is 6.21. The van der Waals surface area contributed by atoms with E-state index in [2.05, 4.69) is 60.0 Å². The second-order valence-corrected chi connectivity index (χ2v) is 13.5. The SMILES string of the molecule is C/C=C(/O[SiH](C)CCC(CC)O[Si](C)(C)C)C(C)C. The summed E-state index contributed by atoms with van der Waals surface area (Å²) in [7, 11) is -2.51. The number of hydrogen-bond donors (Lipinski definition) is 0. The van der Waals surface area contributed by atoms with Gasteiger partial charge in [0.05, 0.1) is 5.76 Å². The van der Waals surface area contributed by atoms with Gasteiger partial charge < -0.3 is 8.85 Å². The van der Waals surface area contributed by atoms with Gasteiger partial charge in [0.1, 0.15) is 0 Å². The minimum Gasteiger partial charge on any atom is -0.550 e. The summed E-state index contributed by atoms with van der Waals surface area (Å²) in [4.78, 5) is 0. The summed E-state index contributed by atoms with van der Waals surface area (Å²) >= 11 is 0. The van der Waals surface area contributed by atoms with Crippen LogP contribution in [0.2, 0.25) is 32.2 Å². The average Bonchev–Trinajstić information content (AvgIpc) is 2.29. The van der Waals surface area contributed by atoms with Gasteiger partial charge >= 0.3 is 0 Å². The first-order chi connectivity index (χ1) is 8.69. The standard InChI is InChI=1S/C15H34O2Si2/c1-9-14(17-19(6,7)8)11-12-18(5)16-15(10-2)13(3)4/h10,13-14,18H,9,11-12H2,1-8H3/b15-10+. The van der Waals surface area contributed by atoms with Gasteiger partial charge in [-0.25, -0.2) is 0 Å². The van der Waals surface area contributed by atoms with Crippen LogP contribution in [0.15, 0.2) is 11.8 Å². The van der Waals surface area contributed by atoms with E-state index in [9.17, 15) is 0 Å². The Bertz CT molecular complexity index is 270. The highest BCUT2D eigenvalue weighted by Gasteiger charge is 2.21. The summed E-state index contributed by atoms with van der Waals surface area (Å²) in [6, 6.07) is 1.20. The van der Waals surface area contributed by atoms with Crippen molar-refractivity contribution >= 4 is 17.4 Å². The molecule has 0 aromatic carbocycles. The average molecular weight is 303 g/mol. The van der Waals surface area contributed by atoms with Crippen molar-refractivity contribution in [2.75, 3.05) is 0 Å². The van der Waals surface area contributed by atoms with Crippen molar-refractivity contribution in [3.05, 3.63) is 11.8 Å². The van der Waals surface area contributed by atoms with Crippen molar-refractivity contribution in [3.8, 4) is 0 Å². The van der Waals surface area contributed by atoms with E-state index in [1.807, 2.05) is 0 Å². The van der Waals surface area contributed by atoms with Gasteiger partial charge in [-0.2, -0.15) is 0 Å². The fraction of sp³-hybridized carbons (Fsp3) is 0.867. The molecule has 0 N–H and O–H groups in total. The molecular formula is C15H34O2Si2. The maximum Gasteiger partial charge on any atom is 0.232 e. The molecule has 0 aliphatic rings. The lowest BCUT2D eigenvalue weighted by molar-refractivity contribution is 0.183. The molecule has 0 rings (SSSR count). The fourth-order valence-corrected chi connectivity index (χ4v) is 5.21. The van der Waals surface area contributed by atoms with Crippen LogP contribution in [0.25, 0.3) is 0 Å². The van der Waals surface area contributed by atoms with Crippen LogP contribution in [0, 0.1) is 5.92 Å². The molecule has 0 bridgehead atoms. The van der Waals surface area contributed by atoms with Gasteiger partial charge in [0.15, 0.2) is 8.32 Å². The van der Waals surface area contributed by atoms with Gasteiger partial charge in [0, 0.05) is 12.0 Å². The van der Waals surface area contributed by atoms with Crippen LogP contribution in [-0.4, -0.2) is 23.5 Å². The van der Waals surface area contributed by atoms with Crippen LogP contribution >= 0.6 is 0 Å². The first kappa shape index (κ1) is 18.9. The molecule has 0 spiro atoms. The Labute approximate surface area is 123 Å².